The zero-order valence-electron chi connectivity index (χ0n) is 8.67. The molecule has 1 aromatic rings. The van der Waals surface area contributed by atoms with Gasteiger partial charge in [0.2, 0.25) is 5.91 Å². The van der Waals surface area contributed by atoms with Crippen molar-refractivity contribution in [2.24, 2.45) is 0 Å². The molecule has 0 heterocycles. The molecule has 0 fully saturated rings. The first-order valence-corrected chi connectivity index (χ1v) is 6.16. The van der Waals surface area contributed by atoms with Crippen molar-refractivity contribution in [1.29, 1.82) is 0 Å². The number of nitrogens with one attached hydrogen (secondary N) is 1. The van der Waals surface area contributed by atoms with E-state index in [4.69, 9.17) is 16.7 Å². The van der Waals surface area contributed by atoms with Gasteiger partial charge in [-0.25, -0.2) is 0 Å². The fraction of sp³-hybridized carbons (Fsp3) is 0.364. The number of carbonyl (C=O) groups is 1. The number of unbranched alkanes of at least 4 members (excludes halogenated alkanes) is 1. The van der Waals surface area contributed by atoms with Crippen LogP contribution in [-0.2, 0) is 4.79 Å². The number of amides is 1. The van der Waals surface area contributed by atoms with Crippen molar-refractivity contribution in [3.8, 4) is 0 Å². The molecule has 16 heavy (non-hydrogen) atoms. The van der Waals surface area contributed by atoms with Crippen LogP contribution in [0.5, 0.6) is 0 Å². The van der Waals surface area contributed by atoms with Crippen LogP contribution < -0.4 is 5.32 Å². The molecule has 5 heteroatoms. The number of halogens is 2. The Hall–Kier alpha value is -0.580. The number of hydrogen-bond donors (Lipinski definition) is 2. The van der Waals surface area contributed by atoms with Crippen LogP contribution in [-0.4, -0.2) is 17.6 Å². The first kappa shape index (κ1) is 13.5. The zero-order chi connectivity index (χ0) is 12.0. The van der Waals surface area contributed by atoms with Crippen molar-refractivity contribution in [2.45, 2.75) is 19.3 Å². The maximum atomic E-state index is 11.5. The zero-order valence-corrected chi connectivity index (χ0v) is 11.0. The van der Waals surface area contributed by atoms with Gasteiger partial charge in [-0.15, -0.1) is 0 Å². The van der Waals surface area contributed by atoms with E-state index in [9.17, 15) is 4.79 Å². The van der Waals surface area contributed by atoms with E-state index >= 15 is 0 Å². The van der Waals surface area contributed by atoms with E-state index in [0.717, 1.165) is 4.47 Å². The van der Waals surface area contributed by atoms with Crippen molar-refractivity contribution in [3.05, 3.63) is 27.7 Å². The van der Waals surface area contributed by atoms with Gasteiger partial charge >= 0.3 is 0 Å². The number of carbonyl (C=O) groups excluding carboxylic acids is 1. The monoisotopic (exact) mass is 305 g/mol. The number of rotatable bonds is 5. The molecule has 2 N–H and O–H groups in total. The van der Waals surface area contributed by atoms with Crippen LogP contribution in [0.2, 0.25) is 5.02 Å². The van der Waals surface area contributed by atoms with Crippen LogP contribution in [0.4, 0.5) is 5.69 Å². The fourth-order valence-electron chi connectivity index (χ4n) is 1.20. The summed E-state index contributed by atoms with van der Waals surface area (Å²) in [6.45, 7) is 0.117. The van der Waals surface area contributed by atoms with Gasteiger partial charge in [0.1, 0.15) is 0 Å². The number of hydrogen-bond acceptors (Lipinski definition) is 2. The van der Waals surface area contributed by atoms with Gasteiger partial charge in [0.25, 0.3) is 0 Å². The highest BCUT2D eigenvalue weighted by Gasteiger charge is 2.05. The highest BCUT2D eigenvalue weighted by atomic mass is 79.9. The summed E-state index contributed by atoms with van der Waals surface area (Å²) in [7, 11) is 0. The third kappa shape index (κ3) is 4.51. The van der Waals surface area contributed by atoms with E-state index in [1.54, 1.807) is 12.1 Å². The van der Waals surface area contributed by atoms with Crippen LogP contribution in [0.1, 0.15) is 19.3 Å². The van der Waals surface area contributed by atoms with E-state index in [1.807, 2.05) is 6.07 Å². The van der Waals surface area contributed by atoms with Crippen molar-refractivity contribution >= 4 is 39.1 Å². The summed E-state index contributed by atoms with van der Waals surface area (Å²) in [5.41, 5.74) is 0.610. The molecule has 0 aromatic heterocycles. The van der Waals surface area contributed by atoms with Gasteiger partial charge in [-0.2, -0.15) is 0 Å². The molecule has 1 amide bonds. The summed E-state index contributed by atoms with van der Waals surface area (Å²) in [5, 5.41) is 11.8. The average molecular weight is 307 g/mol. The van der Waals surface area contributed by atoms with Gasteiger partial charge in [-0.3, -0.25) is 4.79 Å². The molecule has 0 aliphatic carbocycles. The molecule has 1 rings (SSSR count). The van der Waals surface area contributed by atoms with E-state index in [1.165, 1.54) is 0 Å². The topological polar surface area (TPSA) is 49.3 Å². The minimum atomic E-state index is -0.0855. The van der Waals surface area contributed by atoms with Gasteiger partial charge in [0, 0.05) is 17.5 Å². The van der Waals surface area contributed by atoms with Crippen LogP contribution in [0, 0.1) is 0 Å². The molecule has 0 unspecified atom stereocenters. The Bertz CT molecular complexity index is 371. The summed E-state index contributed by atoms with van der Waals surface area (Å²) >= 11 is 9.24. The number of benzene rings is 1. The second-order valence-corrected chi connectivity index (χ2v) is 4.68. The molecule has 3 nitrogen and oxygen atoms in total. The Morgan fingerprint density at radius 1 is 1.44 bits per heavy atom. The fourth-order valence-corrected chi connectivity index (χ4v) is 1.92. The smallest absolute Gasteiger partial charge is 0.224 e. The predicted molar refractivity (Wildman–Crippen MR) is 68.7 cm³/mol. The van der Waals surface area contributed by atoms with Gasteiger partial charge in [-0.1, -0.05) is 27.5 Å². The average Bonchev–Trinajstić information content (AvgIpc) is 2.23. The molecule has 0 radical (unpaired) electrons. The lowest BCUT2D eigenvalue weighted by Gasteiger charge is -2.07. The molecular formula is C11H13BrClNO2. The first-order chi connectivity index (χ1) is 7.63. The normalized spacial score (nSPS) is 10.2. The maximum Gasteiger partial charge on any atom is 0.224 e. The Morgan fingerprint density at radius 2 is 2.19 bits per heavy atom. The van der Waals surface area contributed by atoms with Crippen molar-refractivity contribution in [3.63, 3.8) is 0 Å². The predicted octanol–water partition coefficient (Wildman–Crippen LogP) is 3.20. The van der Waals surface area contributed by atoms with Crippen LogP contribution in [0.15, 0.2) is 22.7 Å². The summed E-state index contributed by atoms with van der Waals surface area (Å²) < 4.78 is 0.871. The Morgan fingerprint density at radius 3 is 2.81 bits per heavy atom. The van der Waals surface area contributed by atoms with Crippen molar-refractivity contribution in [2.75, 3.05) is 11.9 Å². The Labute approximate surface area is 108 Å². The lowest BCUT2D eigenvalue weighted by molar-refractivity contribution is -0.116. The molecule has 0 atom stereocenters. The molecule has 0 saturated heterocycles. The molecule has 0 spiro atoms. The van der Waals surface area contributed by atoms with Crippen LogP contribution >= 0.6 is 27.5 Å². The van der Waals surface area contributed by atoms with E-state index < -0.39 is 0 Å². The summed E-state index contributed by atoms with van der Waals surface area (Å²) in [6.07, 6.45) is 1.71. The second-order valence-electron chi connectivity index (χ2n) is 3.35. The van der Waals surface area contributed by atoms with Crippen LogP contribution in [0.25, 0.3) is 0 Å². The van der Waals surface area contributed by atoms with E-state index in [-0.39, 0.29) is 12.5 Å². The Kier molecular flexibility index (Phi) is 5.80. The van der Waals surface area contributed by atoms with Gasteiger partial charge in [0.15, 0.2) is 0 Å². The van der Waals surface area contributed by atoms with Gasteiger partial charge < -0.3 is 10.4 Å². The number of anilines is 1. The molecule has 88 valence electrons. The van der Waals surface area contributed by atoms with Crippen LogP contribution in [0.3, 0.4) is 0 Å². The van der Waals surface area contributed by atoms with E-state index in [2.05, 4.69) is 21.2 Å². The lowest BCUT2D eigenvalue weighted by atomic mass is 10.2. The summed E-state index contributed by atoms with van der Waals surface area (Å²) in [6, 6.07) is 5.29. The van der Waals surface area contributed by atoms with E-state index in [0.29, 0.717) is 30.0 Å². The van der Waals surface area contributed by atoms with Crippen molar-refractivity contribution in [1.82, 2.24) is 0 Å². The number of aliphatic hydroxyl groups excluding tert-OH is 1. The molecule has 0 aliphatic rings. The largest absolute Gasteiger partial charge is 0.396 e. The summed E-state index contributed by atoms with van der Waals surface area (Å²) in [4.78, 5) is 11.5. The molecule has 0 aliphatic heterocycles. The second kappa shape index (κ2) is 6.89. The molecule has 1 aromatic carbocycles. The lowest BCUT2D eigenvalue weighted by Crippen LogP contribution is -2.11. The molecule has 0 bridgehead atoms. The third-order valence-corrected chi connectivity index (χ3v) is 2.82. The quantitative estimate of drug-likeness (QED) is 0.821. The first-order valence-electron chi connectivity index (χ1n) is 4.99. The minimum absolute atomic E-state index is 0.0855. The minimum Gasteiger partial charge on any atom is -0.396 e. The van der Waals surface area contributed by atoms with Crippen molar-refractivity contribution < 1.29 is 9.90 Å². The van der Waals surface area contributed by atoms with Gasteiger partial charge in [0.05, 0.1) is 10.7 Å². The third-order valence-electron chi connectivity index (χ3n) is 2.02. The maximum absolute atomic E-state index is 11.5. The summed E-state index contributed by atoms with van der Waals surface area (Å²) in [5.74, 6) is -0.0855. The Balaban J connectivity index is 2.49. The standard InChI is InChI=1S/C11H13BrClNO2/c12-8-4-5-10(9(13)7-8)14-11(16)3-1-2-6-15/h4-5,7,15H,1-3,6H2,(H,14,16). The highest BCUT2D eigenvalue weighted by molar-refractivity contribution is 9.10. The van der Waals surface area contributed by atoms with Gasteiger partial charge in [-0.05, 0) is 31.0 Å². The molecule has 0 saturated carbocycles. The highest BCUT2D eigenvalue weighted by Crippen LogP contribution is 2.25. The number of aliphatic hydroxyl groups is 1. The molecular weight excluding hydrogens is 293 g/mol. The SMILES string of the molecule is O=C(CCCCO)Nc1ccc(Br)cc1Cl.